The number of nitrogens with zero attached hydrogens (tertiary/aromatic N) is 1. The van der Waals surface area contributed by atoms with Crippen LogP contribution < -0.4 is 9.47 Å². The third kappa shape index (κ3) is 4.40. The van der Waals surface area contributed by atoms with Crippen LogP contribution >= 0.6 is 0 Å². The van der Waals surface area contributed by atoms with Crippen LogP contribution in [-0.2, 0) is 11.2 Å². The Morgan fingerprint density at radius 1 is 1.13 bits per heavy atom. The standard InChI is InChI=1S/C19H29NO3/c1-19(2,3)18(21)20-10-8-14(9-11-20)12-15-6-7-16(22-4)17(13-15)23-5/h6-7,13-14H,8-12H2,1-5H3. The second-order valence-corrected chi connectivity index (χ2v) is 7.38. The van der Waals surface area contributed by atoms with E-state index in [1.807, 2.05) is 31.7 Å². The Kier molecular flexibility index (Phi) is 5.55. The number of carbonyl (C=O) groups excluding carboxylic acids is 1. The van der Waals surface area contributed by atoms with Gasteiger partial charge in [-0.3, -0.25) is 4.79 Å². The van der Waals surface area contributed by atoms with Gasteiger partial charge in [-0.25, -0.2) is 0 Å². The van der Waals surface area contributed by atoms with Gasteiger partial charge in [0.1, 0.15) is 0 Å². The minimum absolute atomic E-state index is 0.266. The average Bonchev–Trinajstić information content (AvgIpc) is 2.54. The molecule has 1 heterocycles. The Bertz CT molecular complexity index is 540. The number of benzene rings is 1. The van der Waals surface area contributed by atoms with Gasteiger partial charge in [0, 0.05) is 18.5 Å². The molecule has 1 aromatic carbocycles. The number of ether oxygens (including phenoxy) is 2. The lowest BCUT2D eigenvalue weighted by atomic mass is 9.88. The van der Waals surface area contributed by atoms with Gasteiger partial charge in [0.05, 0.1) is 14.2 Å². The molecule has 1 aromatic rings. The number of likely N-dealkylation sites (tertiary alicyclic amines) is 1. The first-order chi connectivity index (χ1) is 10.8. The molecule has 4 nitrogen and oxygen atoms in total. The van der Waals surface area contributed by atoms with E-state index in [2.05, 4.69) is 12.1 Å². The van der Waals surface area contributed by atoms with Crippen LogP contribution in [0.1, 0.15) is 39.2 Å². The lowest BCUT2D eigenvalue weighted by Gasteiger charge is -2.35. The van der Waals surface area contributed by atoms with Crippen molar-refractivity contribution in [1.29, 1.82) is 0 Å². The van der Waals surface area contributed by atoms with Gasteiger partial charge in [0.2, 0.25) is 5.91 Å². The minimum atomic E-state index is -0.282. The van der Waals surface area contributed by atoms with Crippen molar-refractivity contribution >= 4 is 5.91 Å². The Balaban J connectivity index is 1.93. The number of hydrogen-bond acceptors (Lipinski definition) is 3. The summed E-state index contributed by atoms with van der Waals surface area (Å²) in [4.78, 5) is 14.4. The third-order valence-electron chi connectivity index (χ3n) is 4.52. The second kappa shape index (κ2) is 7.24. The maximum absolute atomic E-state index is 12.3. The summed E-state index contributed by atoms with van der Waals surface area (Å²) in [7, 11) is 3.32. The maximum Gasteiger partial charge on any atom is 0.227 e. The zero-order valence-corrected chi connectivity index (χ0v) is 15.0. The lowest BCUT2D eigenvalue weighted by Crippen LogP contribution is -2.44. The highest BCUT2D eigenvalue weighted by molar-refractivity contribution is 5.81. The van der Waals surface area contributed by atoms with Crippen LogP contribution in [0.15, 0.2) is 18.2 Å². The molecule has 0 aromatic heterocycles. The summed E-state index contributed by atoms with van der Waals surface area (Å²) in [5, 5.41) is 0. The fraction of sp³-hybridized carbons (Fsp3) is 0.632. The van der Waals surface area contributed by atoms with E-state index in [1.54, 1.807) is 14.2 Å². The smallest absolute Gasteiger partial charge is 0.227 e. The van der Waals surface area contributed by atoms with Crippen LogP contribution in [-0.4, -0.2) is 38.1 Å². The molecule has 0 spiro atoms. The Morgan fingerprint density at radius 2 is 1.74 bits per heavy atom. The van der Waals surface area contributed by atoms with Gasteiger partial charge in [-0.1, -0.05) is 26.8 Å². The quantitative estimate of drug-likeness (QED) is 0.852. The Labute approximate surface area is 139 Å². The van der Waals surface area contributed by atoms with E-state index in [0.29, 0.717) is 5.92 Å². The molecule has 23 heavy (non-hydrogen) atoms. The van der Waals surface area contributed by atoms with Crippen LogP contribution in [0, 0.1) is 11.3 Å². The van der Waals surface area contributed by atoms with Crippen molar-refractivity contribution in [2.24, 2.45) is 11.3 Å². The first-order valence-corrected chi connectivity index (χ1v) is 8.35. The van der Waals surface area contributed by atoms with Crippen molar-refractivity contribution < 1.29 is 14.3 Å². The highest BCUT2D eigenvalue weighted by Gasteiger charge is 2.30. The zero-order valence-electron chi connectivity index (χ0n) is 15.0. The van der Waals surface area contributed by atoms with Crippen LogP contribution in [0.3, 0.4) is 0 Å². The first-order valence-electron chi connectivity index (χ1n) is 8.35. The molecule has 1 aliphatic rings. The molecule has 0 aliphatic carbocycles. The molecule has 2 rings (SSSR count). The molecule has 4 heteroatoms. The summed E-state index contributed by atoms with van der Waals surface area (Å²) in [6.07, 6.45) is 3.16. The van der Waals surface area contributed by atoms with E-state index in [4.69, 9.17) is 9.47 Å². The number of piperidine rings is 1. The minimum Gasteiger partial charge on any atom is -0.493 e. The molecule has 0 bridgehead atoms. The third-order valence-corrected chi connectivity index (χ3v) is 4.52. The van der Waals surface area contributed by atoms with E-state index in [-0.39, 0.29) is 11.3 Å². The summed E-state index contributed by atoms with van der Waals surface area (Å²) in [5.41, 5.74) is 0.985. The Hall–Kier alpha value is -1.71. The van der Waals surface area contributed by atoms with Crippen molar-refractivity contribution in [2.75, 3.05) is 27.3 Å². The van der Waals surface area contributed by atoms with Crippen molar-refractivity contribution in [3.8, 4) is 11.5 Å². The average molecular weight is 319 g/mol. The number of hydrogen-bond donors (Lipinski definition) is 0. The molecule has 1 fully saturated rings. The molecular weight excluding hydrogens is 290 g/mol. The summed E-state index contributed by atoms with van der Waals surface area (Å²) in [6.45, 7) is 7.71. The zero-order chi connectivity index (χ0) is 17.0. The number of carbonyl (C=O) groups is 1. The molecule has 1 aliphatic heterocycles. The van der Waals surface area contributed by atoms with E-state index in [9.17, 15) is 4.79 Å². The van der Waals surface area contributed by atoms with Gasteiger partial charge in [-0.2, -0.15) is 0 Å². The maximum atomic E-state index is 12.3. The normalized spacial score (nSPS) is 16.3. The van der Waals surface area contributed by atoms with Crippen molar-refractivity contribution in [2.45, 2.75) is 40.0 Å². The van der Waals surface area contributed by atoms with E-state index >= 15 is 0 Å². The molecule has 0 N–H and O–H groups in total. The molecule has 1 amide bonds. The molecule has 0 radical (unpaired) electrons. The number of amides is 1. The van der Waals surface area contributed by atoms with Gasteiger partial charge < -0.3 is 14.4 Å². The van der Waals surface area contributed by atoms with Crippen molar-refractivity contribution in [3.63, 3.8) is 0 Å². The largest absolute Gasteiger partial charge is 0.493 e. The van der Waals surface area contributed by atoms with Crippen molar-refractivity contribution in [1.82, 2.24) is 4.90 Å². The predicted molar refractivity (Wildman–Crippen MR) is 92.0 cm³/mol. The summed E-state index contributed by atoms with van der Waals surface area (Å²) >= 11 is 0. The second-order valence-electron chi connectivity index (χ2n) is 7.38. The monoisotopic (exact) mass is 319 g/mol. The van der Waals surface area contributed by atoms with Crippen LogP contribution in [0.4, 0.5) is 0 Å². The summed E-state index contributed by atoms with van der Waals surface area (Å²) < 4.78 is 10.7. The van der Waals surface area contributed by atoms with E-state index < -0.39 is 0 Å². The van der Waals surface area contributed by atoms with Gasteiger partial charge in [0.15, 0.2) is 11.5 Å². The van der Waals surface area contributed by atoms with E-state index in [1.165, 1.54) is 5.56 Å². The van der Waals surface area contributed by atoms with E-state index in [0.717, 1.165) is 43.9 Å². The fourth-order valence-electron chi connectivity index (χ4n) is 3.16. The topological polar surface area (TPSA) is 38.8 Å². The molecular formula is C19H29NO3. The lowest BCUT2D eigenvalue weighted by molar-refractivity contribution is -0.140. The fourth-order valence-corrected chi connectivity index (χ4v) is 3.16. The predicted octanol–water partition coefficient (Wildman–Crippen LogP) is 3.53. The summed E-state index contributed by atoms with van der Waals surface area (Å²) in [5.74, 6) is 2.44. The van der Waals surface area contributed by atoms with Crippen LogP contribution in [0.25, 0.3) is 0 Å². The van der Waals surface area contributed by atoms with Gasteiger partial charge >= 0.3 is 0 Å². The van der Waals surface area contributed by atoms with Crippen molar-refractivity contribution in [3.05, 3.63) is 23.8 Å². The van der Waals surface area contributed by atoms with Gasteiger partial charge in [-0.05, 0) is 42.9 Å². The molecule has 128 valence electrons. The first kappa shape index (κ1) is 17.6. The molecule has 0 saturated carbocycles. The molecule has 0 atom stereocenters. The number of rotatable bonds is 4. The molecule has 1 saturated heterocycles. The highest BCUT2D eigenvalue weighted by atomic mass is 16.5. The van der Waals surface area contributed by atoms with Gasteiger partial charge in [0.25, 0.3) is 0 Å². The number of methoxy groups -OCH3 is 2. The highest BCUT2D eigenvalue weighted by Crippen LogP contribution is 2.30. The SMILES string of the molecule is COc1ccc(CC2CCN(C(=O)C(C)(C)C)CC2)cc1OC. The summed E-state index contributed by atoms with van der Waals surface area (Å²) in [6, 6.07) is 6.13. The van der Waals surface area contributed by atoms with Gasteiger partial charge in [-0.15, -0.1) is 0 Å². The van der Waals surface area contributed by atoms with Crippen LogP contribution in [0.2, 0.25) is 0 Å². The van der Waals surface area contributed by atoms with Crippen LogP contribution in [0.5, 0.6) is 11.5 Å². The Morgan fingerprint density at radius 3 is 2.26 bits per heavy atom. The molecule has 0 unspecified atom stereocenters.